The zero-order valence-electron chi connectivity index (χ0n) is 25.4. The highest BCUT2D eigenvalue weighted by Gasteiger charge is 2.32. The molecule has 0 unspecified atom stereocenters. The predicted octanol–water partition coefficient (Wildman–Crippen LogP) is 3.62. The summed E-state index contributed by atoms with van der Waals surface area (Å²) >= 11 is 0. The molecule has 43 heavy (non-hydrogen) atoms. The monoisotopic (exact) mass is 616 g/mol. The number of methoxy groups -OCH3 is 1. The van der Waals surface area contributed by atoms with E-state index in [0.717, 1.165) is 25.7 Å². The van der Waals surface area contributed by atoms with Gasteiger partial charge in [0.15, 0.2) is 0 Å². The van der Waals surface area contributed by atoms with E-state index in [4.69, 9.17) is 9.47 Å². The number of likely N-dealkylation sites (N-methyl/N-ethyl adjacent to an activating group) is 1. The van der Waals surface area contributed by atoms with Crippen LogP contribution in [0.3, 0.4) is 0 Å². The molecule has 1 fully saturated rings. The molecule has 0 radical (unpaired) electrons. The molecular formula is C31H44N4O7S. The third-order valence-electron chi connectivity index (χ3n) is 8.27. The summed E-state index contributed by atoms with van der Waals surface area (Å²) in [5, 5.41) is 13.0. The van der Waals surface area contributed by atoms with Crippen LogP contribution in [0, 0.1) is 5.92 Å². The average Bonchev–Trinajstić information content (AvgIpc) is 3.04. The number of ether oxygens (including phenoxy) is 2. The van der Waals surface area contributed by atoms with Crippen molar-refractivity contribution in [2.75, 3.05) is 38.6 Å². The number of urea groups is 1. The van der Waals surface area contributed by atoms with Crippen LogP contribution in [0.5, 0.6) is 11.5 Å². The Hall–Kier alpha value is -3.51. The maximum atomic E-state index is 13.5. The zero-order chi connectivity index (χ0) is 31.1. The summed E-state index contributed by atoms with van der Waals surface area (Å²) in [5.74, 6) is 0.589. The van der Waals surface area contributed by atoms with Gasteiger partial charge in [-0.2, -0.15) is 0 Å². The van der Waals surface area contributed by atoms with Crippen LogP contribution < -0.4 is 19.5 Å². The number of sulfonamides is 1. The number of nitrogens with one attached hydrogen (secondary N) is 2. The maximum absolute atomic E-state index is 13.5. The molecule has 1 aliphatic heterocycles. The molecule has 0 spiro atoms. The number of anilines is 1. The van der Waals surface area contributed by atoms with Crippen molar-refractivity contribution >= 4 is 27.6 Å². The molecule has 11 nitrogen and oxygen atoms in total. The van der Waals surface area contributed by atoms with E-state index in [9.17, 15) is 23.1 Å². The molecule has 2 aromatic rings. The van der Waals surface area contributed by atoms with E-state index in [2.05, 4.69) is 10.0 Å². The van der Waals surface area contributed by atoms with Crippen molar-refractivity contribution in [2.45, 2.75) is 75.5 Å². The first-order valence-electron chi connectivity index (χ1n) is 14.9. The van der Waals surface area contributed by atoms with Gasteiger partial charge in [-0.1, -0.05) is 26.2 Å². The van der Waals surface area contributed by atoms with Gasteiger partial charge in [0.25, 0.3) is 10.0 Å². The number of aliphatic hydroxyl groups is 1. The molecule has 236 valence electrons. The third kappa shape index (κ3) is 8.32. The van der Waals surface area contributed by atoms with Crippen LogP contribution >= 0.6 is 0 Å². The van der Waals surface area contributed by atoms with E-state index in [0.29, 0.717) is 23.6 Å². The number of carbonyl (C=O) groups is 2. The van der Waals surface area contributed by atoms with Gasteiger partial charge in [0.2, 0.25) is 5.91 Å². The molecule has 1 heterocycles. The summed E-state index contributed by atoms with van der Waals surface area (Å²) in [6.07, 6.45) is 4.85. The Morgan fingerprint density at radius 1 is 1.16 bits per heavy atom. The number of hydrogen-bond donors (Lipinski definition) is 3. The molecule has 3 N–H and O–H groups in total. The van der Waals surface area contributed by atoms with Crippen LogP contribution in [-0.2, 0) is 21.2 Å². The Balaban J connectivity index is 1.59. The summed E-state index contributed by atoms with van der Waals surface area (Å²) < 4.78 is 40.4. The number of amides is 3. The standard InChI is InChI=1S/C31H44N4O7S/c1-21-18-35(22(2)20-36)30(37)17-23-16-25(33-43(39,40)27-13-11-26(41-4)12-14-27)10-15-28(23)42-29(21)19-34(3)31(38)32-24-8-6-5-7-9-24/h10-16,21-22,24,29,33,36H,5-9,17-20H2,1-4H3,(H,32,38)/t21-,22-,29-/m0/s1. The van der Waals surface area contributed by atoms with Crippen LogP contribution in [0.2, 0.25) is 0 Å². The Morgan fingerprint density at radius 2 is 1.86 bits per heavy atom. The van der Waals surface area contributed by atoms with E-state index in [1.807, 2.05) is 6.92 Å². The average molecular weight is 617 g/mol. The normalized spacial score (nSPS) is 20.5. The number of fused-ring (bicyclic) bond motifs is 1. The second-order valence-electron chi connectivity index (χ2n) is 11.7. The molecule has 12 heteroatoms. The Kier molecular flexibility index (Phi) is 10.8. The number of benzene rings is 2. The molecule has 0 saturated heterocycles. The van der Waals surface area contributed by atoms with Gasteiger partial charge in [-0.05, 0) is 62.2 Å². The van der Waals surface area contributed by atoms with Crippen molar-refractivity contribution in [3.8, 4) is 11.5 Å². The molecule has 4 rings (SSSR count). The summed E-state index contributed by atoms with van der Waals surface area (Å²) in [6.45, 7) is 4.14. The Bertz CT molecular complexity index is 1360. The number of aliphatic hydroxyl groups excluding tert-OH is 1. The Labute approximate surface area is 254 Å². The van der Waals surface area contributed by atoms with E-state index in [-0.39, 0.29) is 54.1 Å². The number of nitrogens with zero attached hydrogens (tertiary/aromatic N) is 2. The van der Waals surface area contributed by atoms with Crippen molar-refractivity contribution in [1.82, 2.24) is 15.1 Å². The number of hydrogen-bond acceptors (Lipinski definition) is 7. The lowest BCUT2D eigenvalue weighted by molar-refractivity contribution is -0.134. The fourth-order valence-corrected chi connectivity index (χ4v) is 6.61. The van der Waals surface area contributed by atoms with E-state index in [1.54, 1.807) is 54.1 Å². The predicted molar refractivity (Wildman–Crippen MR) is 164 cm³/mol. The highest BCUT2D eigenvalue weighted by molar-refractivity contribution is 7.92. The first-order valence-corrected chi connectivity index (χ1v) is 16.4. The topological polar surface area (TPSA) is 138 Å². The lowest BCUT2D eigenvalue weighted by Crippen LogP contribution is -2.50. The van der Waals surface area contributed by atoms with Crippen LogP contribution in [0.4, 0.5) is 10.5 Å². The lowest BCUT2D eigenvalue weighted by atomic mass is 9.96. The zero-order valence-corrected chi connectivity index (χ0v) is 26.2. The van der Waals surface area contributed by atoms with Crippen molar-refractivity contribution in [1.29, 1.82) is 0 Å². The quantitative estimate of drug-likeness (QED) is 0.391. The van der Waals surface area contributed by atoms with Gasteiger partial charge in [0.1, 0.15) is 17.6 Å². The molecule has 2 aromatic carbocycles. The summed E-state index contributed by atoms with van der Waals surface area (Å²) in [7, 11) is -0.676. The third-order valence-corrected chi connectivity index (χ3v) is 9.67. The SMILES string of the molecule is COc1ccc(S(=O)(=O)Nc2ccc3c(c2)CC(=O)N([C@@H](C)CO)C[C@H](C)[C@H](CN(C)C(=O)NC2CCCCC2)O3)cc1. The van der Waals surface area contributed by atoms with Crippen LogP contribution in [-0.4, -0.2) is 87.3 Å². The van der Waals surface area contributed by atoms with Gasteiger partial charge in [-0.25, -0.2) is 13.2 Å². The van der Waals surface area contributed by atoms with Crippen LogP contribution in [0.1, 0.15) is 51.5 Å². The van der Waals surface area contributed by atoms with Crippen LogP contribution in [0.15, 0.2) is 47.4 Å². The van der Waals surface area contributed by atoms with Gasteiger partial charge in [-0.15, -0.1) is 0 Å². The minimum absolute atomic E-state index is 0.0464. The first kappa shape index (κ1) is 32.4. The molecule has 0 aromatic heterocycles. The number of carbonyl (C=O) groups excluding carboxylic acids is 2. The maximum Gasteiger partial charge on any atom is 0.317 e. The molecule has 3 amide bonds. The first-order chi connectivity index (χ1) is 20.5. The van der Waals surface area contributed by atoms with Crippen molar-refractivity contribution in [2.24, 2.45) is 5.92 Å². The van der Waals surface area contributed by atoms with Gasteiger partial charge >= 0.3 is 6.03 Å². The van der Waals surface area contributed by atoms with Crippen molar-refractivity contribution in [3.05, 3.63) is 48.0 Å². The van der Waals surface area contributed by atoms with Gasteiger partial charge in [0.05, 0.1) is 37.6 Å². The van der Waals surface area contributed by atoms with Gasteiger partial charge < -0.3 is 29.7 Å². The smallest absolute Gasteiger partial charge is 0.317 e. The molecule has 3 atom stereocenters. The fourth-order valence-electron chi connectivity index (χ4n) is 5.56. The van der Waals surface area contributed by atoms with Gasteiger partial charge in [0, 0.05) is 36.8 Å². The fraction of sp³-hybridized carbons (Fsp3) is 0.548. The molecular weight excluding hydrogens is 572 g/mol. The highest BCUT2D eigenvalue weighted by atomic mass is 32.2. The van der Waals surface area contributed by atoms with E-state index < -0.39 is 22.2 Å². The van der Waals surface area contributed by atoms with Gasteiger partial charge in [-0.3, -0.25) is 9.52 Å². The van der Waals surface area contributed by atoms with E-state index >= 15 is 0 Å². The minimum Gasteiger partial charge on any atom is -0.497 e. The largest absolute Gasteiger partial charge is 0.497 e. The summed E-state index contributed by atoms with van der Waals surface area (Å²) in [4.78, 5) is 29.9. The van der Waals surface area contributed by atoms with E-state index in [1.165, 1.54) is 25.7 Å². The molecule has 2 aliphatic rings. The second kappa shape index (κ2) is 14.3. The molecule has 1 saturated carbocycles. The van der Waals surface area contributed by atoms with Crippen molar-refractivity contribution in [3.63, 3.8) is 0 Å². The lowest BCUT2D eigenvalue weighted by Gasteiger charge is -2.34. The summed E-state index contributed by atoms with van der Waals surface area (Å²) in [5.41, 5.74) is 0.782. The number of rotatable bonds is 9. The molecule has 1 aliphatic carbocycles. The van der Waals surface area contributed by atoms with Crippen LogP contribution in [0.25, 0.3) is 0 Å². The minimum atomic E-state index is -3.91. The summed E-state index contributed by atoms with van der Waals surface area (Å²) in [6, 6.07) is 10.5. The Morgan fingerprint density at radius 3 is 2.51 bits per heavy atom. The molecule has 0 bridgehead atoms. The second-order valence-corrected chi connectivity index (χ2v) is 13.3. The van der Waals surface area contributed by atoms with Crippen molar-refractivity contribution < 1.29 is 32.6 Å². The highest BCUT2D eigenvalue weighted by Crippen LogP contribution is 2.30.